The van der Waals surface area contributed by atoms with Gasteiger partial charge >= 0.3 is 0 Å². The van der Waals surface area contributed by atoms with Crippen LogP contribution in [0.5, 0.6) is 0 Å². The lowest BCUT2D eigenvalue weighted by atomic mass is 9.98. The third kappa shape index (κ3) is 3.04. The summed E-state index contributed by atoms with van der Waals surface area (Å²) in [5.41, 5.74) is 1.72. The standard InChI is InChI=1S/C22H22N2O3/c1-23(2)13-8-14-24-19(15-9-4-3-5-10-15)18-20(25)16-11-6-7-12-17(16)27-21(18)22(24)26/h3-7,9-12,19H,8,13-14H2,1-2H3/t19-/m0/s1. The van der Waals surface area contributed by atoms with Gasteiger partial charge < -0.3 is 14.2 Å². The first-order valence-corrected chi connectivity index (χ1v) is 9.14. The van der Waals surface area contributed by atoms with Crippen LogP contribution in [0.4, 0.5) is 0 Å². The van der Waals surface area contributed by atoms with Crippen LogP contribution >= 0.6 is 0 Å². The summed E-state index contributed by atoms with van der Waals surface area (Å²) in [5.74, 6) is -0.0298. The Kier molecular flexibility index (Phi) is 4.54. The third-order valence-corrected chi connectivity index (χ3v) is 4.99. The normalized spacial score (nSPS) is 16.3. The lowest BCUT2D eigenvalue weighted by Gasteiger charge is -2.25. The van der Waals surface area contributed by atoms with Crippen molar-refractivity contribution in [3.8, 4) is 0 Å². The highest BCUT2D eigenvalue weighted by Gasteiger charge is 2.42. The number of hydrogen-bond acceptors (Lipinski definition) is 4. The Bertz CT molecular complexity index is 1040. The molecule has 2 aromatic carbocycles. The number of rotatable bonds is 5. The Morgan fingerprint density at radius 3 is 2.44 bits per heavy atom. The van der Waals surface area contributed by atoms with Crippen LogP contribution in [-0.2, 0) is 0 Å². The van der Waals surface area contributed by atoms with Crippen LogP contribution in [0.1, 0.15) is 34.1 Å². The van der Waals surface area contributed by atoms with Crippen molar-refractivity contribution in [3.05, 3.63) is 81.7 Å². The number of para-hydroxylation sites is 1. The average Bonchev–Trinajstić information content (AvgIpc) is 2.95. The molecule has 5 heteroatoms. The molecule has 27 heavy (non-hydrogen) atoms. The Morgan fingerprint density at radius 2 is 1.70 bits per heavy atom. The molecule has 0 saturated heterocycles. The van der Waals surface area contributed by atoms with Gasteiger partial charge in [-0.25, -0.2) is 0 Å². The summed E-state index contributed by atoms with van der Waals surface area (Å²) in [6, 6.07) is 16.4. The molecule has 2 heterocycles. The summed E-state index contributed by atoms with van der Waals surface area (Å²) >= 11 is 0. The molecule has 138 valence electrons. The van der Waals surface area contributed by atoms with E-state index in [0.29, 0.717) is 23.1 Å². The zero-order chi connectivity index (χ0) is 19.0. The molecule has 0 spiro atoms. The molecule has 1 aliphatic rings. The molecule has 1 amide bonds. The Labute approximate surface area is 157 Å². The van der Waals surface area contributed by atoms with Crippen molar-refractivity contribution >= 4 is 16.9 Å². The average molecular weight is 362 g/mol. The first kappa shape index (κ1) is 17.5. The van der Waals surface area contributed by atoms with E-state index < -0.39 is 6.04 Å². The Hall–Kier alpha value is -2.92. The quantitative estimate of drug-likeness (QED) is 0.699. The molecule has 0 saturated carbocycles. The number of fused-ring (bicyclic) bond motifs is 2. The third-order valence-electron chi connectivity index (χ3n) is 4.99. The second-order valence-electron chi connectivity index (χ2n) is 7.14. The topological polar surface area (TPSA) is 53.8 Å². The van der Waals surface area contributed by atoms with Crippen LogP contribution in [0.2, 0.25) is 0 Å². The SMILES string of the molecule is CN(C)CCCN1C(=O)c2oc3ccccc3c(=O)c2[C@@H]1c1ccccc1. The fraction of sp³-hybridized carbons (Fsp3) is 0.273. The monoisotopic (exact) mass is 362 g/mol. The highest BCUT2D eigenvalue weighted by Crippen LogP contribution is 2.37. The highest BCUT2D eigenvalue weighted by atomic mass is 16.3. The summed E-state index contributed by atoms with van der Waals surface area (Å²) in [5, 5.41) is 0.514. The van der Waals surface area contributed by atoms with Crippen LogP contribution < -0.4 is 5.43 Å². The van der Waals surface area contributed by atoms with Crippen molar-refractivity contribution in [2.24, 2.45) is 0 Å². The van der Waals surface area contributed by atoms with Gasteiger partial charge in [-0.1, -0.05) is 42.5 Å². The molecule has 4 rings (SSSR count). The number of hydrogen-bond donors (Lipinski definition) is 0. The summed E-state index contributed by atoms with van der Waals surface area (Å²) in [7, 11) is 4.01. The predicted octanol–water partition coefficient (Wildman–Crippen LogP) is 3.29. The van der Waals surface area contributed by atoms with Crippen molar-refractivity contribution in [2.75, 3.05) is 27.2 Å². The number of amides is 1. The van der Waals surface area contributed by atoms with Gasteiger partial charge in [0.2, 0.25) is 5.76 Å². The van der Waals surface area contributed by atoms with Crippen LogP contribution in [0.3, 0.4) is 0 Å². The van der Waals surface area contributed by atoms with E-state index in [2.05, 4.69) is 4.90 Å². The van der Waals surface area contributed by atoms with E-state index in [1.54, 1.807) is 23.1 Å². The zero-order valence-electron chi connectivity index (χ0n) is 15.5. The van der Waals surface area contributed by atoms with Crippen molar-refractivity contribution < 1.29 is 9.21 Å². The van der Waals surface area contributed by atoms with E-state index in [-0.39, 0.29) is 17.1 Å². The molecule has 1 aromatic heterocycles. The lowest BCUT2D eigenvalue weighted by Crippen LogP contribution is -2.32. The molecule has 3 aromatic rings. The Balaban J connectivity index is 1.86. The summed E-state index contributed by atoms with van der Waals surface area (Å²) in [4.78, 5) is 30.2. The molecule has 5 nitrogen and oxygen atoms in total. The number of benzene rings is 2. The number of carbonyl (C=O) groups excluding carboxylic acids is 1. The van der Waals surface area contributed by atoms with Gasteiger partial charge in [0.25, 0.3) is 5.91 Å². The van der Waals surface area contributed by atoms with E-state index in [4.69, 9.17) is 4.42 Å². The summed E-state index contributed by atoms with van der Waals surface area (Å²) < 4.78 is 5.91. The molecule has 1 atom stereocenters. The van der Waals surface area contributed by atoms with Crippen LogP contribution in [0.15, 0.2) is 63.8 Å². The van der Waals surface area contributed by atoms with Gasteiger partial charge in [0.05, 0.1) is 17.0 Å². The molecule has 0 N–H and O–H groups in total. The van der Waals surface area contributed by atoms with Gasteiger partial charge in [0, 0.05) is 6.54 Å². The first-order chi connectivity index (χ1) is 13.1. The van der Waals surface area contributed by atoms with E-state index in [1.807, 2.05) is 50.5 Å². The first-order valence-electron chi connectivity index (χ1n) is 9.14. The van der Waals surface area contributed by atoms with E-state index in [1.165, 1.54) is 0 Å². The largest absolute Gasteiger partial charge is 0.450 e. The van der Waals surface area contributed by atoms with E-state index in [0.717, 1.165) is 18.5 Å². The minimum Gasteiger partial charge on any atom is -0.450 e. The number of nitrogens with zero attached hydrogens (tertiary/aromatic N) is 2. The van der Waals surface area contributed by atoms with Gasteiger partial charge in [-0.05, 0) is 44.8 Å². The maximum Gasteiger partial charge on any atom is 0.290 e. The van der Waals surface area contributed by atoms with Crippen LogP contribution in [0, 0.1) is 0 Å². The number of carbonyl (C=O) groups is 1. The second-order valence-corrected chi connectivity index (χ2v) is 7.14. The molecule has 0 unspecified atom stereocenters. The molecule has 0 aliphatic carbocycles. The molecular weight excluding hydrogens is 340 g/mol. The maximum atomic E-state index is 13.2. The summed E-state index contributed by atoms with van der Waals surface area (Å²) in [6.07, 6.45) is 0.823. The molecule has 0 fully saturated rings. The fourth-order valence-corrected chi connectivity index (χ4v) is 3.74. The van der Waals surface area contributed by atoms with Crippen molar-refractivity contribution in [1.82, 2.24) is 9.80 Å². The predicted molar refractivity (Wildman–Crippen MR) is 105 cm³/mol. The highest BCUT2D eigenvalue weighted by molar-refractivity contribution is 5.99. The smallest absolute Gasteiger partial charge is 0.290 e. The van der Waals surface area contributed by atoms with E-state index >= 15 is 0 Å². The van der Waals surface area contributed by atoms with Gasteiger partial charge in [0.1, 0.15) is 5.58 Å². The summed E-state index contributed by atoms with van der Waals surface area (Å²) in [6.45, 7) is 1.43. The zero-order valence-corrected chi connectivity index (χ0v) is 15.5. The van der Waals surface area contributed by atoms with Crippen LogP contribution in [-0.4, -0.2) is 42.9 Å². The second kappa shape index (κ2) is 7.00. The molecular formula is C22H22N2O3. The molecule has 0 bridgehead atoms. The van der Waals surface area contributed by atoms with Gasteiger partial charge in [-0.3, -0.25) is 9.59 Å². The molecule has 0 radical (unpaired) electrons. The fourth-order valence-electron chi connectivity index (χ4n) is 3.74. The van der Waals surface area contributed by atoms with Gasteiger partial charge in [0.15, 0.2) is 5.43 Å². The molecule has 1 aliphatic heterocycles. The minimum absolute atomic E-state index is 0.121. The maximum absolute atomic E-state index is 13.2. The van der Waals surface area contributed by atoms with Crippen molar-refractivity contribution in [3.63, 3.8) is 0 Å². The van der Waals surface area contributed by atoms with Crippen molar-refractivity contribution in [2.45, 2.75) is 12.5 Å². The lowest BCUT2D eigenvalue weighted by molar-refractivity contribution is 0.0722. The van der Waals surface area contributed by atoms with Gasteiger partial charge in [-0.15, -0.1) is 0 Å². The van der Waals surface area contributed by atoms with Gasteiger partial charge in [-0.2, -0.15) is 0 Å². The van der Waals surface area contributed by atoms with Crippen LogP contribution in [0.25, 0.3) is 11.0 Å². The Morgan fingerprint density at radius 1 is 1.00 bits per heavy atom. The van der Waals surface area contributed by atoms with E-state index in [9.17, 15) is 9.59 Å². The minimum atomic E-state index is -0.406. The van der Waals surface area contributed by atoms with Crippen molar-refractivity contribution in [1.29, 1.82) is 0 Å².